The van der Waals surface area contributed by atoms with Crippen LogP contribution in [0.2, 0.25) is 0 Å². The second-order valence-electron chi connectivity index (χ2n) is 10.2. The van der Waals surface area contributed by atoms with Gasteiger partial charge in [0.05, 0.1) is 12.2 Å². The Morgan fingerprint density at radius 3 is 2.65 bits per heavy atom. The van der Waals surface area contributed by atoms with Crippen molar-refractivity contribution < 1.29 is 27.9 Å². The first-order valence-electron chi connectivity index (χ1n) is 12.5. The summed E-state index contributed by atoms with van der Waals surface area (Å²) in [6, 6.07) is 0. The highest BCUT2D eigenvalue weighted by Gasteiger charge is 2.42. The molecule has 202 valence electrons. The van der Waals surface area contributed by atoms with Crippen molar-refractivity contribution in [3.63, 3.8) is 0 Å². The highest BCUT2D eigenvalue weighted by atomic mass is 19.1. The van der Waals surface area contributed by atoms with E-state index < -0.39 is 17.2 Å². The minimum absolute atomic E-state index is 0.245. The smallest absolute Gasteiger partial charge is 0.335 e. The van der Waals surface area contributed by atoms with E-state index in [-0.39, 0.29) is 23.1 Å². The molecule has 0 saturated carbocycles. The molecule has 0 bridgehead atoms. The number of aliphatic carboxylic acids is 1. The molecule has 37 heavy (non-hydrogen) atoms. The third-order valence-electron chi connectivity index (χ3n) is 6.62. The zero-order chi connectivity index (χ0) is 27.8. The molecule has 0 aromatic carbocycles. The molecule has 0 saturated heterocycles. The van der Waals surface area contributed by atoms with E-state index in [4.69, 9.17) is 9.26 Å². The van der Waals surface area contributed by atoms with Crippen LogP contribution in [0.4, 0.5) is 8.78 Å². The lowest BCUT2D eigenvalue weighted by molar-refractivity contribution is -0.134. The topological polar surface area (TPSA) is 85.5 Å². The third-order valence-corrected chi connectivity index (χ3v) is 6.62. The van der Waals surface area contributed by atoms with E-state index in [0.717, 1.165) is 5.57 Å². The van der Waals surface area contributed by atoms with Gasteiger partial charge in [-0.25, -0.2) is 13.6 Å². The van der Waals surface area contributed by atoms with E-state index in [0.29, 0.717) is 55.2 Å². The van der Waals surface area contributed by atoms with Crippen molar-refractivity contribution in [2.24, 2.45) is 17.3 Å². The Morgan fingerprint density at radius 1 is 1.32 bits per heavy atom. The highest BCUT2D eigenvalue weighted by Crippen LogP contribution is 2.47. The summed E-state index contributed by atoms with van der Waals surface area (Å²) < 4.78 is 39.3. The predicted molar refractivity (Wildman–Crippen MR) is 141 cm³/mol. The molecule has 1 aromatic heterocycles. The number of nitrogens with zero attached hydrogens (tertiary/aromatic N) is 2. The molecule has 1 aliphatic rings. The van der Waals surface area contributed by atoms with Gasteiger partial charge in [-0.2, -0.15) is 4.98 Å². The zero-order valence-corrected chi connectivity index (χ0v) is 22.6. The van der Waals surface area contributed by atoms with Crippen LogP contribution in [0.15, 0.2) is 69.9 Å². The quantitative estimate of drug-likeness (QED) is 0.276. The summed E-state index contributed by atoms with van der Waals surface area (Å²) in [5, 5.41) is 13.5. The van der Waals surface area contributed by atoms with Gasteiger partial charge in [-0.3, -0.25) is 0 Å². The molecule has 1 atom stereocenters. The number of ether oxygens (including phenoxy) is 1. The van der Waals surface area contributed by atoms with E-state index in [1.54, 1.807) is 33.1 Å². The monoisotopic (exact) mass is 516 g/mol. The molecule has 0 aliphatic heterocycles. The van der Waals surface area contributed by atoms with Crippen LogP contribution in [0.1, 0.15) is 65.6 Å². The van der Waals surface area contributed by atoms with Gasteiger partial charge < -0.3 is 14.4 Å². The van der Waals surface area contributed by atoms with Crippen molar-refractivity contribution in [2.75, 3.05) is 13.7 Å². The van der Waals surface area contributed by atoms with Gasteiger partial charge in [0.15, 0.2) is 5.82 Å². The fraction of sp³-hybridized carbons (Fsp3) is 0.483. The van der Waals surface area contributed by atoms with Crippen LogP contribution in [-0.4, -0.2) is 34.9 Å². The van der Waals surface area contributed by atoms with Crippen LogP contribution in [0, 0.1) is 17.3 Å². The maximum absolute atomic E-state index is 14.6. The van der Waals surface area contributed by atoms with Crippen LogP contribution in [0.5, 0.6) is 0 Å². The van der Waals surface area contributed by atoms with Gasteiger partial charge in [-0.05, 0) is 60.5 Å². The maximum atomic E-state index is 14.6. The number of aromatic nitrogens is 2. The Bertz CT molecular complexity index is 1140. The molecule has 2 rings (SSSR count). The Labute approximate surface area is 218 Å². The summed E-state index contributed by atoms with van der Waals surface area (Å²) in [6.07, 6.45) is 10.1. The third kappa shape index (κ3) is 8.18. The molecule has 1 heterocycles. The fourth-order valence-electron chi connectivity index (χ4n) is 4.04. The molecular weight excluding hydrogens is 478 g/mol. The first kappa shape index (κ1) is 30.1. The van der Waals surface area contributed by atoms with Crippen molar-refractivity contribution >= 4 is 11.5 Å². The van der Waals surface area contributed by atoms with Gasteiger partial charge in [0.25, 0.3) is 0 Å². The normalized spacial score (nSPS) is 18.6. The molecule has 0 unspecified atom stereocenters. The van der Waals surface area contributed by atoms with Crippen molar-refractivity contribution in [1.82, 2.24) is 10.1 Å². The van der Waals surface area contributed by atoms with E-state index in [1.165, 1.54) is 12.2 Å². The number of halogens is 2. The molecule has 6 nitrogen and oxygen atoms in total. The van der Waals surface area contributed by atoms with Crippen LogP contribution >= 0.6 is 0 Å². The Kier molecular flexibility index (Phi) is 10.9. The SMILES string of the molecule is C=C(/C=C\C(F)=C\CC(C)C)/C(=C/CCc1nc(C2=CC(F)=C(C(=O)O)C(C)(C)[C@H]2C)no1)CCOC. The van der Waals surface area contributed by atoms with E-state index in [1.807, 2.05) is 26.8 Å². The van der Waals surface area contributed by atoms with Gasteiger partial charge in [0.1, 0.15) is 11.7 Å². The number of carbonyl (C=O) groups is 1. The molecule has 0 radical (unpaired) electrons. The number of methoxy groups -OCH3 is 1. The Morgan fingerprint density at radius 2 is 2.03 bits per heavy atom. The van der Waals surface area contributed by atoms with Crippen molar-refractivity contribution in [1.29, 1.82) is 0 Å². The van der Waals surface area contributed by atoms with Crippen LogP contribution < -0.4 is 0 Å². The summed E-state index contributed by atoms with van der Waals surface area (Å²) in [4.78, 5) is 16.0. The Hall–Kier alpha value is -3.13. The van der Waals surface area contributed by atoms with Crippen molar-refractivity contribution in [3.05, 3.63) is 77.0 Å². The largest absolute Gasteiger partial charge is 0.478 e. The molecule has 8 heteroatoms. The molecule has 0 amide bonds. The molecule has 1 aliphatic carbocycles. The van der Waals surface area contributed by atoms with Gasteiger partial charge >= 0.3 is 5.97 Å². The summed E-state index contributed by atoms with van der Waals surface area (Å²) in [5.41, 5.74) is 0.900. The lowest BCUT2D eigenvalue weighted by atomic mass is 9.67. The summed E-state index contributed by atoms with van der Waals surface area (Å²) in [7, 11) is 1.62. The average Bonchev–Trinajstić information content (AvgIpc) is 3.28. The average molecular weight is 517 g/mol. The lowest BCUT2D eigenvalue weighted by Crippen LogP contribution is -2.32. The second kappa shape index (κ2) is 13.4. The van der Waals surface area contributed by atoms with E-state index in [2.05, 4.69) is 16.7 Å². The van der Waals surface area contributed by atoms with Crippen LogP contribution in [-0.2, 0) is 16.0 Å². The number of hydrogen-bond acceptors (Lipinski definition) is 5. The number of aryl methyl sites for hydroxylation is 1. The van der Waals surface area contributed by atoms with Gasteiger partial charge in [-0.1, -0.05) is 58.5 Å². The van der Waals surface area contributed by atoms with Crippen LogP contribution in [0.25, 0.3) is 5.57 Å². The Balaban J connectivity index is 2.14. The maximum Gasteiger partial charge on any atom is 0.335 e. The molecule has 1 aromatic rings. The molecule has 0 spiro atoms. The number of hydrogen-bond donors (Lipinski definition) is 1. The first-order chi connectivity index (χ1) is 17.4. The standard InChI is InChI=1S/C29H38F2N2O4/c1-18(2)11-13-22(30)14-12-19(3)21(15-16-36-7)9-8-10-25-32-27(33-37-25)23-17-24(31)26(28(34)35)29(5,6)20(23)4/h9,12-14,17-18,20H,3,8,10-11,15-16H2,1-2,4-7H3,(H,34,35)/b14-12-,21-9+,22-13-/t20-/m0/s1. The summed E-state index contributed by atoms with van der Waals surface area (Å²) in [5.74, 6) is -1.71. The zero-order valence-electron chi connectivity index (χ0n) is 22.6. The number of allylic oxidation sites excluding steroid dienone is 9. The highest BCUT2D eigenvalue weighted by molar-refractivity contribution is 5.91. The van der Waals surface area contributed by atoms with E-state index in [9.17, 15) is 18.7 Å². The van der Waals surface area contributed by atoms with E-state index >= 15 is 0 Å². The lowest BCUT2D eigenvalue weighted by Gasteiger charge is -2.36. The second-order valence-corrected chi connectivity index (χ2v) is 10.2. The summed E-state index contributed by atoms with van der Waals surface area (Å²) >= 11 is 0. The van der Waals surface area contributed by atoms with Gasteiger partial charge in [0, 0.05) is 24.5 Å². The van der Waals surface area contributed by atoms with Crippen molar-refractivity contribution in [3.8, 4) is 0 Å². The number of carboxylic acids is 1. The van der Waals surface area contributed by atoms with Crippen molar-refractivity contribution in [2.45, 2.75) is 60.3 Å². The predicted octanol–water partition coefficient (Wildman–Crippen LogP) is 7.34. The minimum atomic E-state index is -1.28. The summed E-state index contributed by atoms with van der Waals surface area (Å²) in [6.45, 7) is 13.8. The molecule has 0 fully saturated rings. The van der Waals surface area contributed by atoms with Gasteiger partial charge in [-0.15, -0.1) is 0 Å². The first-order valence-corrected chi connectivity index (χ1v) is 12.5. The molecule has 1 N–H and O–H groups in total. The van der Waals surface area contributed by atoms with Gasteiger partial charge in [0.2, 0.25) is 5.89 Å². The number of carboxylic acid groups (broad SMARTS) is 1. The minimum Gasteiger partial charge on any atom is -0.478 e. The fourth-order valence-corrected chi connectivity index (χ4v) is 4.04. The van der Waals surface area contributed by atoms with Crippen LogP contribution in [0.3, 0.4) is 0 Å². The molecular formula is C29H38F2N2O4. The number of rotatable bonds is 13.